The molecule has 4 rings (SSSR count). The summed E-state index contributed by atoms with van der Waals surface area (Å²) in [6.45, 7) is 2.13. The second-order valence-electron chi connectivity index (χ2n) is 6.18. The highest BCUT2D eigenvalue weighted by Gasteiger charge is 2.36. The highest BCUT2D eigenvalue weighted by atomic mass is 79.9. The Morgan fingerprint density at radius 3 is 2.52 bits per heavy atom. The number of aliphatic imine (C=N–C) groups is 1. The van der Waals surface area contributed by atoms with E-state index < -0.39 is 0 Å². The van der Waals surface area contributed by atoms with Crippen LogP contribution in [0.4, 0.5) is 0 Å². The Morgan fingerprint density at radius 2 is 1.80 bits per heavy atom. The molecule has 0 fully saturated rings. The molecule has 5 heteroatoms. The van der Waals surface area contributed by atoms with E-state index in [4.69, 9.17) is 4.99 Å². The maximum absolute atomic E-state index is 5.03. The molecule has 0 amide bonds. The molecule has 0 N–H and O–H groups in total. The van der Waals surface area contributed by atoms with Gasteiger partial charge in [-0.3, -0.25) is 9.98 Å². The Hall–Kier alpha value is -1.72. The van der Waals surface area contributed by atoms with E-state index in [2.05, 4.69) is 91.1 Å². The molecule has 1 aromatic carbocycles. The van der Waals surface area contributed by atoms with Crippen LogP contribution in [0, 0.1) is 0 Å². The molecule has 0 radical (unpaired) electrons. The van der Waals surface area contributed by atoms with E-state index in [-0.39, 0.29) is 12.1 Å². The lowest BCUT2D eigenvalue weighted by Gasteiger charge is -2.42. The molecular formula is C20H17Br2N3. The summed E-state index contributed by atoms with van der Waals surface area (Å²) < 4.78 is 2.07. The normalized spacial score (nSPS) is 23.1. The minimum Gasteiger partial charge on any atom is -0.321 e. The monoisotopic (exact) mass is 457 g/mol. The van der Waals surface area contributed by atoms with E-state index in [1.807, 2.05) is 18.3 Å². The van der Waals surface area contributed by atoms with Gasteiger partial charge in [-0.15, -0.1) is 0 Å². The first-order chi connectivity index (χ1) is 12.1. The van der Waals surface area contributed by atoms with Crippen LogP contribution in [0.2, 0.25) is 0 Å². The first-order valence-electron chi connectivity index (χ1n) is 8.22. The number of fused-ring (bicyclic) bond motifs is 1. The molecule has 3 nitrogen and oxygen atoms in total. The number of hydrogen-bond acceptors (Lipinski definition) is 3. The Labute approximate surface area is 164 Å². The van der Waals surface area contributed by atoms with E-state index in [0.29, 0.717) is 0 Å². The molecule has 25 heavy (non-hydrogen) atoms. The first-order valence-corrected chi connectivity index (χ1v) is 9.80. The van der Waals surface area contributed by atoms with Crippen molar-refractivity contribution in [1.82, 2.24) is 9.88 Å². The van der Waals surface area contributed by atoms with E-state index >= 15 is 0 Å². The van der Waals surface area contributed by atoms with Gasteiger partial charge < -0.3 is 4.90 Å². The van der Waals surface area contributed by atoms with E-state index in [9.17, 15) is 0 Å². The van der Waals surface area contributed by atoms with Crippen molar-refractivity contribution >= 4 is 37.7 Å². The van der Waals surface area contributed by atoms with Crippen LogP contribution < -0.4 is 0 Å². The molecular weight excluding hydrogens is 442 g/mol. The van der Waals surface area contributed by atoms with Crippen molar-refractivity contribution in [1.29, 1.82) is 0 Å². The van der Waals surface area contributed by atoms with Crippen molar-refractivity contribution in [2.24, 2.45) is 4.99 Å². The summed E-state index contributed by atoms with van der Waals surface area (Å²) in [5.41, 5.74) is 3.48. The van der Waals surface area contributed by atoms with Gasteiger partial charge in [-0.2, -0.15) is 0 Å². The van der Waals surface area contributed by atoms with Gasteiger partial charge in [-0.25, -0.2) is 0 Å². The fraction of sp³-hybridized carbons (Fsp3) is 0.200. The summed E-state index contributed by atoms with van der Waals surface area (Å²) >= 11 is 7.38. The van der Waals surface area contributed by atoms with Crippen molar-refractivity contribution in [3.63, 3.8) is 0 Å². The van der Waals surface area contributed by atoms with Gasteiger partial charge in [0.25, 0.3) is 0 Å². The molecule has 2 aromatic rings. The SMILES string of the molecule is CC1=C(Br)C=C(Br)C2=NC(c3ccccn3)CC(c3ccccc3)N21. The number of benzene rings is 1. The Morgan fingerprint density at radius 1 is 1.04 bits per heavy atom. The van der Waals surface area contributed by atoms with Crippen LogP contribution in [-0.4, -0.2) is 15.7 Å². The van der Waals surface area contributed by atoms with Gasteiger partial charge in [0.05, 0.1) is 22.3 Å². The van der Waals surface area contributed by atoms with Crippen molar-refractivity contribution in [3.8, 4) is 0 Å². The van der Waals surface area contributed by atoms with E-state index in [1.165, 1.54) is 11.3 Å². The predicted octanol–water partition coefficient (Wildman–Crippen LogP) is 5.89. The van der Waals surface area contributed by atoms with Gasteiger partial charge in [0, 0.05) is 22.8 Å². The minimum atomic E-state index is 0.0447. The fourth-order valence-electron chi connectivity index (χ4n) is 3.41. The number of allylic oxidation sites excluding steroid dienone is 3. The summed E-state index contributed by atoms with van der Waals surface area (Å²) in [7, 11) is 0. The van der Waals surface area contributed by atoms with Gasteiger partial charge in [0.1, 0.15) is 5.84 Å². The van der Waals surface area contributed by atoms with E-state index in [0.717, 1.165) is 26.9 Å². The zero-order chi connectivity index (χ0) is 17.4. The number of halogens is 2. The molecule has 1 aromatic heterocycles. The topological polar surface area (TPSA) is 28.5 Å². The highest BCUT2D eigenvalue weighted by Crippen LogP contribution is 2.44. The van der Waals surface area contributed by atoms with Crippen LogP contribution in [0.1, 0.15) is 36.7 Å². The number of rotatable bonds is 2. The van der Waals surface area contributed by atoms with Crippen molar-refractivity contribution in [2.45, 2.75) is 25.4 Å². The number of nitrogens with zero attached hydrogens (tertiary/aromatic N) is 3. The average Bonchev–Trinajstić information content (AvgIpc) is 2.66. The molecule has 2 aliphatic heterocycles. The summed E-state index contributed by atoms with van der Waals surface area (Å²) in [5.74, 6) is 0.969. The first kappa shape index (κ1) is 16.7. The van der Waals surface area contributed by atoms with Crippen molar-refractivity contribution in [2.75, 3.05) is 0 Å². The third-order valence-electron chi connectivity index (χ3n) is 4.65. The summed E-state index contributed by atoms with van der Waals surface area (Å²) in [4.78, 5) is 11.9. The van der Waals surface area contributed by atoms with Crippen LogP contribution in [0.25, 0.3) is 0 Å². The standard InChI is InChI=1S/C20H17Br2N3/c1-13-15(21)11-16(22)20-24-18(17-9-5-6-10-23-17)12-19(25(13)20)14-7-3-2-4-8-14/h2-11,18-19H,12H2,1H3. The lowest BCUT2D eigenvalue weighted by atomic mass is 9.92. The average molecular weight is 459 g/mol. The predicted molar refractivity (Wildman–Crippen MR) is 109 cm³/mol. The third-order valence-corrected chi connectivity index (χ3v) is 6.04. The van der Waals surface area contributed by atoms with Crippen LogP contribution in [0.5, 0.6) is 0 Å². The zero-order valence-corrected chi connectivity index (χ0v) is 16.9. The maximum atomic E-state index is 5.03. The fourth-order valence-corrected chi connectivity index (χ4v) is 4.66. The summed E-state index contributed by atoms with van der Waals surface area (Å²) in [5, 5.41) is 0. The van der Waals surface area contributed by atoms with Crippen molar-refractivity contribution in [3.05, 3.63) is 86.7 Å². The third kappa shape index (κ3) is 3.11. The zero-order valence-electron chi connectivity index (χ0n) is 13.7. The van der Waals surface area contributed by atoms with E-state index in [1.54, 1.807) is 0 Å². The van der Waals surface area contributed by atoms with Gasteiger partial charge in [0.15, 0.2) is 0 Å². The quantitative estimate of drug-likeness (QED) is 0.561. The molecule has 2 unspecified atom stereocenters. The van der Waals surface area contributed by atoms with Gasteiger partial charge in [0.2, 0.25) is 0 Å². The maximum Gasteiger partial charge on any atom is 0.143 e. The van der Waals surface area contributed by atoms with Gasteiger partial charge >= 0.3 is 0 Å². The molecule has 0 bridgehead atoms. The summed E-state index contributed by atoms with van der Waals surface area (Å²) in [6, 6.07) is 16.9. The summed E-state index contributed by atoms with van der Waals surface area (Å²) in [6.07, 6.45) is 4.81. The number of pyridine rings is 1. The highest BCUT2D eigenvalue weighted by molar-refractivity contribution is 9.12. The molecule has 0 aliphatic carbocycles. The second kappa shape index (κ2) is 6.89. The smallest absolute Gasteiger partial charge is 0.143 e. The molecule has 126 valence electrons. The van der Waals surface area contributed by atoms with Gasteiger partial charge in [-0.1, -0.05) is 36.4 Å². The van der Waals surface area contributed by atoms with Gasteiger partial charge in [-0.05, 0) is 62.6 Å². The van der Waals surface area contributed by atoms with Crippen molar-refractivity contribution < 1.29 is 0 Å². The minimum absolute atomic E-state index is 0.0447. The molecule has 2 atom stereocenters. The molecule has 0 spiro atoms. The lowest BCUT2D eigenvalue weighted by Crippen LogP contribution is -2.40. The van der Waals surface area contributed by atoms with Crippen LogP contribution in [0.15, 0.2) is 80.5 Å². The molecule has 0 saturated heterocycles. The van der Waals surface area contributed by atoms with Crippen LogP contribution in [0.3, 0.4) is 0 Å². The second-order valence-corrected chi connectivity index (χ2v) is 7.89. The molecule has 3 heterocycles. The number of amidine groups is 1. The Bertz CT molecular complexity index is 872. The largest absolute Gasteiger partial charge is 0.321 e. The Kier molecular flexibility index (Phi) is 4.61. The number of aromatic nitrogens is 1. The van der Waals surface area contributed by atoms with Crippen LogP contribution >= 0.6 is 31.9 Å². The molecule has 0 saturated carbocycles. The van der Waals surface area contributed by atoms with Crippen LogP contribution in [-0.2, 0) is 0 Å². The Balaban J connectivity index is 1.85. The molecule has 2 aliphatic rings. The lowest BCUT2D eigenvalue weighted by molar-refractivity contribution is 0.312. The number of hydrogen-bond donors (Lipinski definition) is 0.